The number of halogens is 1. The lowest BCUT2D eigenvalue weighted by Crippen LogP contribution is -2.32. The number of rotatable bonds is 6. The number of hydrogen-bond acceptors (Lipinski definition) is 3. The maximum Gasteiger partial charge on any atom is 0.141 e. The number of likely N-dealkylation sites (N-methyl/N-ethyl adjacent to an activating group) is 1. The van der Waals surface area contributed by atoms with Crippen LogP contribution >= 0.6 is 0 Å². The molecule has 0 aliphatic carbocycles. The molecule has 0 amide bonds. The van der Waals surface area contributed by atoms with E-state index in [1.165, 1.54) is 12.3 Å². The third-order valence-corrected chi connectivity index (χ3v) is 2.84. The zero-order valence-electron chi connectivity index (χ0n) is 10.2. The molecular formula is C12H20FN3. The molecule has 1 aromatic heterocycles. The van der Waals surface area contributed by atoms with Gasteiger partial charge in [0.15, 0.2) is 0 Å². The van der Waals surface area contributed by atoms with Crippen molar-refractivity contribution in [3.05, 3.63) is 24.1 Å². The standard InChI is InChI=1S/C12H20FN3/c1-4-10(2)16(3)8-7-14-12-6-5-11(13)9-15-12/h5-6,9-10H,4,7-8H2,1-3H3,(H,14,15). The fourth-order valence-electron chi connectivity index (χ4n) is 1.37. The highest BCUT2D eigenvalue weighted by Crippen LogP contribution is 2.03. The van der Waals surface area contributed by atoms with Crippen LogP contribution in [0.3, 0.4) is 0 Å². The van der Waals surface area contributed by atoms with E-state index in [0.29, 0.717) is 6.04 Å². The van der Waals surface area contributed by atoms with Gasteiger partial charge in [0.2, 0.25) is 0 Å². The average molecular weight is 225 g/mol. The molecule has 1 heterocycles. The number of nitrogens with one attached hydrogen (secondary N) is 1. The van der Waals surface area contributed by atoms with Crippen molar-refractivity contribution in [2.75, 3.05) is 25.5 Å². The van der Waals surface area contributed by atoms with E-state index in [0.717, 1.165) is 25.3 Å². The van der Waals surface area contributed by atoms with E-state index in [-0.39, 0.29) is 5.82 Å². The van der Waals surface area contributed by atoms with Gasteiger partial charge in [-0.1, -0.05) is 6.92 Å². The van der Waals surface area contributed by atoms with E-state index in [1.54, 1.807) is 6.07 Å². The van der Waals surface area contributed by atoms with Gasteiger partial charge in [-0.05, 0) is 32.5 Å². The number of hydrogen-bond donors (Lipinski definition) is 1. The molecule has 0 aromatic carbocycles. The van der Waals surface area contributed by atoms with Gasteiger partial charge in [-0.25, -0.2) is 9.37 Å². The largest absolute Gasteiger partial charge is 0.369 e. The summed E-state index contributed by atoms with van der Waals surface area (Å²) in [6.45, 7) is 6.15. The Morgan fingerprint density at radius 3 is 2.81 bits per heavy atom. The second-order valence-electron chi connectivity index (χ2n) is 4.03. The Morgan fingerprint density at radius 2 is 2.25 bits per heavy atom. The molecule has 0 radical (unpaired) electrons. The van der Waals surface area contributed by atoms with Crippen LogP contribution in [0.2, 0.25) is 0 Å². The summed E-state index contributed by atoms with van der Waals surface area (Å²) in [4.78, 5) is 6.22. The summed E-state index contributed by atoms with van der Waals surface area (Å²) in [7, 11) is 2.11. The second kappa shape index (κ2) is 6.43. The van der Waals surface area contributed by atoms with Gasteiger partial charge in [0.25, 0.3) is 0 Å². The van der Waals surface area contributed by atoms with Gasteiger partial charge in [0.05, 0.1) is 6.20 Å². The lowest BCUT2D eigenvalue weighted by molar-refractivity contribution is 0.261. The van der Waals surface area contributed by atoms with Gasteiger partial charge in [-0.15, -0.1) is 0 Å². The number of aromatic nitrogens is 1. The van der Waals surface area contributed by atoms with Crippen LogP contribution in [0, 0.1) is 5.82 Å². The van der Waals surface area contributed by atoms with Crippen LogP contribution < -0.4 is 5.32 Å². The molecule has 0 aliphatic heterocycles. The van der Waals surface area contributed by atoms with Crippen molar-refractivity contribution < 1.29 is 4.39 Å². The molecule has 0 fully saturated rings. The van der Waals surface area contributed by atoms with Gasteiger partial charge in [0, 0.05) is 19.1 Å². The highest BCUT2D eigenvalue weighted by molar-refractivity contribution is 5.33. The molecule has 1 rings (SSSR count). The van der Waals surface area contributed by atoms with Crippen LogP contribution in [0.5, 0.6) is 0 Å². The smallest absolute Gasteiger partial charge is 0.141 e. The first kappa shape index (κ1) is 12.9. The number of pyridine rings is 1. The Kier molecular flexibility index (Phi) is 5.19. The molecule has 0 aliphatic rings. The van der Waals surface area contributed by atoms with E-state index in [9.17, 15) is 4.39 Å². The van der Waals surface area contributed by atoms with E-state index in [2.05, 4.69) is 36.1 Å². The summed E-state index contributed by atoms with van der Waals surface area (Å²) in [5.41, 5.74) is 0. The molecule has 1 aromatic rings. The van der Waals surface area contributed by atoms with Crippen molar-refractivity contribution in [1.29, 1.82) is 0 Å². The Balaban J connectivity index is 2.27. The molecule has 16 heavy (non-hydrogen) atoms. The minimum absolute atomic E-state index is 0.303. The summed E-state index contributed by atoms with van der Waals surface area (Å²) < 4.78 is 12.6. The minimum Gasteiger partial charge on any atom is -0.369 e. The molecular weight excluding hydrogens is 205 g/mol. The fraction of sp³-hybridized carbons (Fsp3) is 0.583. The Morgan fingerprint density at radius 1 is 1.50 bits per heavy atom. The monoisotopic (exact) mass is 225 g/mol. The van der Waals surface area contributed by atoms with Gasteiger partial charge in [-0.3, -0.25) is 0 Å². The zero-order chi connectivity index (χ0) is 12.0. The summed E-state index contributed by atoms with van der Waals surface area (Å²) in [6.07, 6.45) is 2.37. The minimum atomic E-state index is -0.303. The van der Waals surface area contributed by atoms with Gasteiger partial charge < -0.3 is 10.2 Å². The highest BCUT2D eigenvalue weighted by atomic mass is 19.1. The molecule has 0 spiro atoms. The van der Waals surface area contributed by atoms with Crippen LogP contribution in [-0.4, -0.2) is 36.1 Å². The molecule has 1 atom stereocenters. The van der Waals surface area contributed by atoms with Gasteiger partial charge >= 0.3 is 0 Å². The quantitative estimate of drug-likeness (QED) is 0.805. The topological polar surface area (TPSA) is 28.2 Å². The lowest BCUT2D eigenvalue weighted by atomic mass is 10.2. The van der Waals surface area contributed by atoms with Crippen LogP contribution in [0.4, 0.5) is 10.2 Å². The SMILES string of the molecule is CCC(C)N(C)CCNc1ccc(F)cn1. The van der Waals surface area contributed by atoms with Crippen LogP contribution in [0.15, 0.2) is 18.3 Å². The van der Waals surface area contributed by atoms with E-state index >= 15 is 0 Å². The van der Waals surface area contributed by atoms with Crippen molar-refractivity contribution in [3.63, 3.8) is 0 Å². The van der Waals surface area contributed by atoms with Crippen molar-refractivity contribution in [2.24, 2.45) is 0 Å². The predicted octanol–water partition coefficient (Wildman–Crippen LogP) is 2.36. The predicted molar refractivity (Wildman–Crippen MR) is 65.1 cm³/mol. The number of nitrogens with zero attached hydrogens (tertiary/aromatic N) is 2. The average Bonchev–Trinajstić information content (AvgIpc) is 2.30. The molecule has 0 saturated carbocycles. The van der Waals surface area contributed by atoms with E-state index in [1.807, 2.05) is 0 Å². The normalized spacial score (nSPS) is 12.8. The first-order chi connectivity index (χ1) is 7.63. The first-order valence-corrected chi connectivity index (χ1v) is 5.69. The van der Waals surface area contributed by atoms with E-state index < -0.39 is 0 Å². The third-order valence-electron chi connectivity index (χ3n) is 2.84. The van der Waals surface area contributed by atoms with Crippen molar-refractivity contribution >= 4 is 5.82 Å². The summed E-state index contributed by atoms with van der Waals surface area (Å²) in [6, 6.07) is 3.65. The lowest BCUT2D eigenvalue weighted by Gasteiger charge is -2.23. The zero-order valence-corrected chi connectivity index (χ0v) is 10.2. The van der Waals surface area contributed by atoms with Crippen molar-refractivity contribution in [3.8, 4) is 0 Å². The maximum atomic E-state index is 12.6. The second-order valence-corrected chi connectivity index (χ2v) is 4.03. The van der Waals surface area contributed by atoms with Gasteiger partial charge in [-0.2, -0.15) is 0 Å². The Bertz CT molecular complexity index is 300. The molecule has 3 nitrogen and oxygen atoms in total. The van der Waals surface area contributed by atoms with Crippen LogP contribution in [0.1, 0.15) is 20.3 Å². The van der Waals surface area contributed by atoms with E-state index in [4.69, 9.17) is 0 Å². The maximum absolute atomic E-state index is 12.6. The fourth-order valence-corrected chi connectivity index (χ4v) is 1.37. The molecule has 90 valence electrons. The van der Waals surface area contributed by atoms with Crippen LogP contribution in [-0.2, 0) is 0 Å². The summed E-state index contributed by atoms with van der Waals surface area (Å²) >= 11 is 0. The highest BCUT2D eigenvalue weighted by Gasteiger charge is 2.05. The van der Waals surface area contributed by atoms with Crippen molar-refractivity contribution in [2.45, 2.75) is 26.3 Å². The summed E-state index contributed by atoms with van der Waals surface area (Å²) in [5.74, 6) is 0.418. The van der Waals surface area contributed by atoms with Crippen molar-refractivity contribution in [1.82, 2.24) is 9.88 Å². The third kappa shape index (κ3) is 4.14. The molecule has 0 saturated heterocycles. The van der Waals surface area contributed by atoms with Gasteiger partial charge in [0.1, 0.15) is 11.6 Å². The van der Waals surface area contributed by atoms with Crippen LogP contribution in [0.25, 0.3) is 0 Å². The Labute approximate surface area is 96.7 Å². The molecule has 4 heteroatoms. The number of anilines is 1. The first-order valence-electron chi connectivity index (χ1n) is 5.69. The summed E-state index contributed by atoms with van der Waals surface area (Å²) in [5, 5.41) is 3.16. The molecule has 1 unspecified atom stereocenters. The molecule has 0 bridgehead atoms. The Hall–Kier alpha value is -1.16. The molecule has 1 N–H and O–H groups in total.